The number of aromatic nitrogens is 2. The normalized spacial score (nSPS) is 11.2. The van der Waals surface area contributed by atoms with E-state index in [1.165, 1.54) is 0 Å². The molecule has 102 valence electrons. The summed E-state index contributed by atoms with van der Waals surface area (Å²) < 4.78 is 3.07. The number of fused-ring (bicyclic) bond motifs is 1. The maximum absolute atomic E-state index is 6.32. The van der Waals surface area contributed by atoms with Crippen molar-refractivity contribution < 1.29 is 0 Å². The number of aryl methyl sites for hydroxylation is 1. The first kappa shape index (κ1) is 13.5. The van der Waals surface area contributed by atoms with Gasteiger partial charge in [-0.25, -0.2) is 4.98 Å². The van der Waals surface area contributed by atoms with Crippen molar-refractivity contribution >= 4 is 44.3 Å². The highest BCUT2D eigenvalue weighted by atomic mass is 79.9. The average Bonchev–Trinajstić information content (AvgIpc) is 2.81. The summed E-state index contributed by atoms with van der Waals surface area (Å²) in [5.74, 6) is 0.870. The maximum Gasteiger partial charge on any atom is 0.142 e. The van der Waals surface area contributed by atoms with Crippen molar-refractivity contribution in [2.24, 2.45) is 0 Å². The van der Waals surface area contributed by atoms with E-state index in [1.807, 2.05) is 36.4 Å². The van der Waals surface area contributed by atoms with E-state index in [2.05, 4.69) is 27.4 Å². The summed E-state index contributed by atoms with van der Waals surface area (Å²) in [6.07, 6.45) is 0. The second-order valence-electron chi connectivity index (χ2n) is 4.53. The van der Waals surface area contributed by atoms with Gasteiger partial charge in [-0.05, 0) is 37.3 Å². The maximum atomic E-state index is 6.32. The molecule has 1 aromatic heterocycles. The highest BCUT2D eigenvalue weighted by molar-refractivity contribution is 9.10. The predicted octanol–water partition coefficient (Wildman–Crippen LogP) is 4.72. The van der Waals surface area contributed by atoms with Gasteiger partial charge in [-0.15, -0.1) is 0 Å². The zero-order chi connectivity index (χ0) is 14.3. The topological polar surface area (TPSA) is 43.8 Å². The molecule has 0 aliphatic heterocycles. The molecule has 0 amide bonds. The molecule has 0 spiro atoms. The molecular weight excluding hydrogens is 338 g/mol. The Hall–Kier alpha value is -1.52. The largest absolute Gasteiger partial charge is 0.399 e. The molecule has 0 saturated heterocycles. The van der Waals surface area contributed by atoms with Crippen LogP contribution in [0.4, 0.5) is 5.69 Å². The Kier molecular flexibility index (Phi) is 3.44. The van der Waals surface area contributed by atoms with Crippen molar-refractivity contribution in [3.8, 4) is 11.4 Å². The SMILES string of the molecule is CCn1c(-c2cc(N)ccc2Br)nc2cccc(Cl)c21. The molecule has 1 heterocycles. The molecule has 0 bridgehead atoms. The van der Waals surface area contributed by atoms with Crippen LogP contribution in [0.15, 0.2) is 40.9 Å². The third-order valence-corrected chi connectivity index (χ3v) is 4.26. The number of nitrogen functional groups attached to an aromatic ring is 1. The first-order chi connectivity index (χ1) is 9.61. The minimum absolute atomic E-state index is 0.711. The monoisotopic (exact) mass is 349 g/mol. The molecule has 3 nitrogen and oxygen atoms in total. The van der Waals surface area contributed by atoms with Crippen LogP contribution in [0.3, 0.4) is 0 Å². The zero-order valence-corrected chi connectivity index (χ0v) is 13.2. The lowest BCUT2D eigenvalue weighted by Gasteiger charge is -2.09. The lowest BCUT2D eigenvalue weighted by molar-refractivity contribution is 0.796. The molecular formula is C15H13BrClN3. The van der Waals surface area contributed by atoms with Gasteiger partial charge in [0, 0.05) is 22.3 Å². The molecule has 5 heteroatoms. The summed E-state index contributed by atoms with van der Waals surface area (Å²) in [5.41, 5.74) is 9.43. The number of hydrogen-bond acceptors (Lipinski definition) is 2. The Labute approximate surface area is 130 Å². The fraction of sp³-hybridized carbons (Fsp3) is 0.133. The van der Waals surface area contributed by atoms with Gasteiger partial charge in [0.15, 0.2) is 0 Å². The van der Waals surface area contributed by atoms with E-state index in [4.69, 9.17) is 22.3 Å². The number of nitrogens with two attached hydrogens (primary N) is 1. The molecule has 0 unspecified atom stereocenters. The quantitative estimate of drug-likeness (QED) is 0.680. The van der Waals surface area contributed by atoms with E-state index in [0.29, 0.717) is 10.7 Å². The lowest BCUT2D eigenvalue weighted by Crippen LogP contribution is -1.99. The number of imidazole rings is 1. The Bertz CT molecular complexity index is 795. The summed E-state index contributed by atoms with van der Waals surface area (Å²) in [5, 5.41) is 0.711. The third-order valence-electron chi connectivity index (χ3n) is 3.26. The molecule has 0 radical (unpaired) electrons. The molecule has 20 heavy (non-hydrogen) atoms. The van der Waals surface area contributed by atoms with E-state index in [-0.39, 0.29) is 0 Å². The average molecular weight is 351 g/mol. The van der Waals surface area contributed by atoms with Gasteiger partial charge in [-0.1, -0.05) is 33.6 Å². The Morgan fingerprint density at radius 3 is 2.85 bits per heavy atom. The molecule has 3 aromatic rings. The van der Waals surface area contributed by atoms with Gasteiger partial charge in [0.1, 0.15) is 5.82 Å². The summed E-state index contributed by atoms with van der Waals surface area (Å²) in [7, 11) is 0. The molecule has 2 N–H and O–H groups in total. The summed E-state index contributed by atoms with van der Waals surface area (Å²) in [6, 6.07) is 11.5. The van der Waals surface area contributed by atoms with Crippen molar-refractivity contribution in [3.05, 3.63) is 45.9 Å². The fourth-order valence-electron chi connectivity index (χ4n) is 2.37. The first-order valence-electron chi connectivity index (χ1n) is 6.32. The molecule has 0 atom stereocenters. The summed E-state index contributed by atoms with van der Waals surface area (Å²) >= 11 is 9.88. The van der Waals surface area contributed by atoms with Crippen LogP contribution in [-0.4, -0.2) is 9.55 Å². The van der Waals surface area contributed by atoms with Crippen LogP contribution >= 0.6 is 27.5 Å². The standard InChI is InChI=1S/C15H13BrClN3/c1-2-20-14-12(17)4-3-5-13(14)19-15(20)10-8-9(18)6-7-11(10)16/h3-8H,2,18H2,1H3. The smallest absolute Gasteiger partial charge is 0.142 e. The van der Waals surface area contributed by atoms with E-state index in [9.17, 15) is 0 Å². The van der Waals surface area contributed by atoms with Gasteiger partial charge in [0.05, 0.1) is 16.1 Å². The fourth-order valence-corrected chi connectivity index (χ4v) is 3.06. The van der Waals surface area contributed by atoms with Gasteiger partial charge >= 0.3 is 0 Å². The molecule has 2 aromatic carbocycles. The number of nitrogens with zero attached hydrogens (tertiary/aromatic N) is 2. The molecule has 0 aliphatic carbocycles. The number of halogens is 2. The molecule has 0 aliphatic rings. The second kappa shape index (κ2) is 5.11. The minimum atomic E-state index is 0.711. The molecule has 0 fully saturated rings. The van der Waals surface area contributed by atoms with Gasteiger partial charge in [0.25, 0.3) is 0 Å². The Balaban J connectivity index is 2.36. The van der Waals surface area contributed by atoms with Gasteiger partial charge < -0.3 is 10.3 Å². The van der Waals surface area contributed by atoms with Crippen LogP contribution in [0.25, 0.3) is 22.4 Å². The van der Waals surface area contributed by atoms with Gasteiger partial charge in [-0.3, -0.25) is 0 Å². The first-order valence-corrected chi connectivity index (χ1v) is 7.49. The van der Waals surface area contributed by atoms with Crippen molar-refractivity contribution in [2.45, 2.75) is 13.5 Å². The van der Waals surface area contributed by atoms with Crippen LogP contribution in [0.2, 0.25) is 5.02 Å². The lowest BCUT2D eigenvalue weighted by atomic mass is 10.2. The summed E-state index contributed by atoms with van der Waals surface area (Å²) in [4.78, 5) is 4.71. The Morgan fingerprint density at radius 1 is 1.30 bits per heavy atom. The number of rotatable bonds is 2. The molecule has 3 rings (SSSR count). The van der Waals surface area contributed by atoms with Crippen LogP contribution < -0.4 is 5.73 Å². The number of para-hydroxylation sites is 1. The number of benzene rings is 2. The van der Waals surface area contributed by atoms with E-state index in [1.54, 1.807) is 0 Å². The second-order valence-corrected chi connectivity index (χ2v) is 5.79. The van der Waals surface area contributed by atoms with Crippen molar-refractivity contribution in [2.75, 3.05) is 5.73 Å². The van der Waals surface area contributed by atoms with E-state index < -0.39 is 0 Å². The number of hydrogen-bond donors (Lipinski definition) is 1. The highest BCUT2D eigenvalue weighted by Crippen LogP contribution is 2.34. The van der Waals surface area contributed by atoms with Crippen molar-refractivity contribution in [1.29, 1.82) is 0 Å². The molecule has 0 saturated carbocycles. The highest BCUT2D eigenvalue weighted by Gasteiger charge is 2.15. The van der Waals surface area contributed by atoms with E-state index in [0.717, 1.165) is 33.4 Å². The third kappa shape index (κ3) is 2.09. The van der Waals surface area contributed by atoms with Crippen LogP contribution in [-0.2, 0) is 6.54 Å². The van der Waals surface area contributed by atoms with Gasteiger partial charge in [0.2, 0.25) is 0 Å². The van der Waals surface area contributed by atoms with E-state index >= 15 is 0 Å². The van der Waals surface area contributed by atoms with Crippen LogP contribution in [0.1, 0.15) is 6.92 Å². The van der Waals surface area contributed by atoms with Crippen LogP contribution in [0, 0.1) is 0 Å². The van der Waals surface area contributed by atoms with Gasteiger partial charge in [-0.2, -0.15) is 0 Å². The Morgan fingerprint density at radius 2 is 2.10 bits per heavy atom. The zero-order valence-electron chi connectivity index (χ0n) is 10.9. The minimum Gasteiger partial charge on any atom is -0.399 e. The van der Waals surface area contributed by atoms with Crippen molar-refractivity contribution in [1.82, 2.24) is 9.55 Å². The summed E-state index contributed by atoms with van der Waals surface area (Å²) in [6.45, 7) is 2.87. The number of anilines is 1. The van der Waals surface area contributed by atoms with Crippen molar-refractivity contribution in [3.63, 3.8) is 0 Å². The van der Waals surface area contributed by atoms with Crippen LogP contribution in [0.5, 0.6) is 0 Å². The predicted molar refractivity (Wildman–Crippen MR) is 88.0 cm³/mol.